The third-order valence-corrected chi connectivity index (χ3v) is 3.67. The first-order chi connectivity index (χ1) is 8.90. The van der Waals surface area contributed by atoms with Gasteiger partial charge in [-0.3, -0.25) is 9.59 Å². The average molecular weight is 343 g/mol. The number of carbonyl (C=O) groups is 2. The van der Waals surface area contributed by atoms with E-state index in [-0.39, 0.29) is 34.6 Å². The molecule has 4 nitrogen and oxygen atoms in total. The van der Waals surface area contributed by atoms with Crippen LogP contribution in [-0.2, 0) is 4.79 Å². The van der Waals surface area contributed by atoms with Crippen LogP contribution in [0.3, 0.4) is 0 Å². The first-order valence-electron chi connectivity index (χ1n) is 5.56. The molecule has 0 aromatic heterocycles. The number of halogens is 4. The summed E-state index contributed by atoms with van der Waals surface area (Å²) in [5.41, 5.74) is -0.00499. The van der Waals surface area contributed by atoms with E-state index in [1.54, 1.807) is 0 Å². The Morgan fingerprint density at radius 1 is 1.30 bits per heavy atom. The molecule has 1 N–H and O–H groups in total. The molecule has 1 atom stereocenters. The average Bonchev–Trinajstić information content (AvgIpc) is 2.82. The Balaban J connectivity index is 0.00000200. The molecule has 20 heavy (non-hydrogen) atoms. The lowest BCUT2D eigenvalue weighted by molar-refractivity contribution is -0.141. The van der Waals surface area contributed by atoms with Crippen LogP contribution in [0.15, 0.2) is 12.1 Å². The zero-order chi connectivity index (χ0) is 14.2. The van der Waals surface area contributed by atoms with Crippen molar-refractivity contribution in [3.05, 3.63) is 33.6 Å². The highest BCUT2D eigenvalue weighted by Crippen LogP contribution is 2.27. The number of carboxylic acid groups (broad SMARTS) is 1. The van der Waals surface area contributed by atoms with Crippen molar-refractivity contribution in [3.8, 4) is 0 Å². The molecule has 2 rings (SSSR count). The predicted molar refractivity (Wildman–Crippen MR) is 75.3 cm³/mol. The minimum Gasteiger partial charge on any atom is -0.481 e. The molecule has 1 amide bonds. The van der Waals surface area contributed by atoms with Gasteiger partial charge < -0.3 is 10.0 Å². The van der Waals surface area contributed by atoms with Gasteiger partial charge in [0.1, 0.15) is 5.82 Å². The summed E-state index contributed by atoms with van der Waals surface area (Å²) in [5.74, 6) is -2.74. The van der Waals surface area contributed by atoms with E-state index in [1.165, 1.54) is 4.90 Å². The molecule has 0 radical (unpaired) electrons. The van der Waals surface area contributed by atoms with E-state index in [2.05, 4.69) is 0 Å². The van der Waals surface area contributed by atoms with Crippen LogP contribution in [0.4, 0.5) is 4.39 Å². The Kier molecular flexibility index (Phi) is 5.62. The molecular formula is C12H11Cl3FNO3. The highest BCUT2D eigenvalue weighted by atomic mass is 35.5. The van der Waals surface area contributed by atoms with E-state index in [9.17, 15) is 14.0 Å². The van der Waals surface area contributed by atoms with Crippen LogP contribution in [0.2, 0.25) is 10.0 Å². The minimum absolute atomic E-state index is 0. The Morgan fingerprint density at radius 3 is 2.50 bits per heavy atom. The molecule has 1 unspecified atom stereocenters. The number of hydrogen-bond acceptors (Lipinski definition) is 2. The van der Waals surface area contributed by atoms with Gasteiger partial charge in [0.2, 0.25) is 0 Å². The topological polar surface area (TPSA) is 57.6 Å². The van der Waals surface area contributed by atoms with Gasteiger partial charge in [0.05, 0.1) is 21.5 Å². The first-order valence-corrected chi connectivity index (χ1v) is 6.32. The Bertz CT molecular complexity index is 553. The van der Waals surface area contributed by atoms with Crippen molar-refractivity contribution in [2.75, 3.05) is 13.1 Å². The molecule has 1 heterocycles. The maximum Gasteiger partial charge on any atom is 0.308 e. The molecule has 0 aliphatic carbocycles. The number of rotatable bonds is 2. The van der Waals surface area contributed by atoms with E-state index in [0.717, 1.165) is 12.1 Å². The zero-order valence-corrected chi connectivity index (χ0v) is 12.4. The van der Waals surface area contributed by atoms with E-state index in [0.29, 0.717) is 13.0 Å². The van der Waals surface area contributed by atoms with Crippen LogP contribution in [0.1, 0.15) is 16.8 Å². The number of likely N-dealkylation sites (tertiary alicyclic amines) is 1. The summed E-state index contributed by atoms with van der Waals surface area (Å²) in [4.78, 5) is 24.3. The second-order valence-corrected chi connectivity index (χ2v) is 5.14. The number of hydrogen-bond donors (Lipinski definition) is 1. The van der Waals surface area contributed by atoms with E-state index in [4.69, 9.17) is 28.3 Å². The Hall–Kier alpha value is -1.04. The van der Waals surface area contributed by atoms with Gasteiger partial charge in [0.15, 0.2) is 0 Å². The Labute approximate surface area is 130 Å². The summed E-state index contributed by atoms with van der Waals surface area (Å²) in [6.07, 6.45) is 0.384. The van der Waals surface area contributed by atoms with E-state index < -0.39 is 23.6 Å². The Morgan fingerprint density at radius 2 is 1.95 bits per heavy atom. The lowest BCUT2D eigenvalue weighted by atomic mass is 10.1. The summed E-state index contributed by atoms with van der Waals surface area (Å²) in [6, 6.07) is 2.14. The third-order valence-electron chi connectivity index (χ3n) is 3.07. The molecule has 1 aromatic rings. The smallest absolute Gasteiger partial charge is 0.308 e. The van der Waals surface area contributed by atoms with Crippen molar-refractivity contribution in [1.29, 1.82) is 0 Å². The number of nitrogens with zero attached hydrogens (tertiary/aromatic N) is 1. The predicted octanol–water partition coefficient (Wildman–Crippen LogP) is 3.10. The third kappa shape index (κ3) is 3.34. The fourth-order valence-corrected chi connectivity index (χ4v) is 2.47. The van der Waals surface area contributed by atoms with Crippen LogP contribution in [0.5, 0.6) is 0 Å². The van der Waals surface area contributed by atoms with Crippen molar-refractivity contribution in [2.45, 2.75) is 6.42 Å². The van der Waals surface area contributed by atoms with Gasteiger partial charge in [-0.15, -0.1) is 12.4 Å². The molecule has 1 saturated heterocycles. The monoisotopic (exact) mass is 341 g/mol. The summed E-state index contributed by atoms with van der Waals surface area (Å²) in [6.45, 7) is 0.422. The molecule has 0 bridgehead atoms. The van der Waals surface area contributed by atoms with Crippen LogP contribution in [0.25, 0.3) is 0 Å². The number of benzene rings is 1. The fraction of sp³-hybridized carbons (Fsp3) is 0.333. The van der Waals surface area contributed by atoms with Crippen molar-refractivity contribution in [1.82, 2.24) is 4.90 Å². The summed E-state index contributed by atoms with van der Waals surface area (Å²) < 4.78 is 13.4. The minimum atomic E-state index is -0.941. The molecule has 1 aromatic carbocycles. The van der Waals surface area contributed by atoms with E-state index >= 15 is 0 Å². The molecule has 1 aliphatic heterocycles. The van der Waals surface area contributed by atoms with Gasteiger partial charge in [0, 0.05) is 13.1 Å². The molecule has 110 valence electrons. The molecule has 1 fully saturated rings. The lowest BCUT2D eigenvalue weighted by Crippen LogP contribution is -2.30. The number of carboxylic acids is 1. The number of carbonyl (C=O) groups excluding carboxylic acids is 1. The summed E-state index contributed by atoms with van der Waals surface area (Å²) >= 11 is 11.4. The lowest BCUT2D eigenvalue weighted by Gasteiger charge is -2.16. The van der Waals surface area contributed by atoms with Crippen molar-refractivity contribution >= 4 is 47.5 Å². The van der Waals surface area contributed by atoms with Gasteiger partial charge in [0.25, 0.3) is 5.91 Å². The highest BCUT2D eigenvalue weighted by Gasteiger charge is 2.32. The van der Waals surface area contributed by atoms with Crippen LogP contribution >= 0.6 is 35.6 Å². The van der Waals surface area contributed by atoms with E-state index in [1.807, 2.05) is 0 Å². The standard InChI is InChI=1S/C12H10Cl2FNO3.ClH/c13-8-4-9(14)10(15)3-7(8)11(17)16-2-1-6(5-16)12(18)19;/h3-4,6H,1-2,5H2,(H,18,19);1H. The van der Waals surface area contributed by atoms with Gasteiger partial charge in [-0.1, -0.05) is 23.2 Å². The molecule has 1 aliphatic rings. The summed E-state index contributed by atoms with van der Waals surface area (Å²) in [7, 11) is 0. The molecule has 0 saturated carbocycles. The van der Waals surface area contributed by atoms with Crippen LogP contribution in [-0.4, -0.2) is 35.0 Å². The number of aliphatic carboxylic acids is 1. The maximum atomic E-state index is 13.4. The van der Waals surface area contributed by atoms with Crippen LogP contribution < -0.4 is 0 Å². The second kappa shape index (κ2) is 6.61. The van der Waals surface area contributed by atoms with Crippen molar-refractivity contribution in [3.63, 3.8) is 0 Å². The van der Waals surface area contributed by atoms with Crippen molar-refractivity contribution in [2.24, 2.45) is 5.92 Å². The second-order valence-electron chi connectivity index (χ2n) is 4.32. The van der Waals surface area contributed by atoms with Crippen molar-refractivity contribution < 1.29 is 19.1 Å². The molecule has 8 heteroatoms. The van der Waals surface area contributed by atoms with Gasteiger partial charge in [-0.25, -0.2) is 4.39 Å². The fourth-order valence-electron chi connectivity index (χ4n) is 2.00. The van der Waals surface area contributed by atoms with Gasteiger partial charge in [-0.05, 0) is 18.6 Å². The van der Waals surface area contributed by atoms with Gasteiger partial charge in [-0.2, -0.15) is 0 Å². The highest BCUT2D eigenvalue weighted by molar-refractivity contribution is 6.36. The summed E-state index contributed by atoms with van der Waals surface area (Å²) in [5, 5.41) is 8.77. The largest absolute Gasteiger partial charge is 0.481 e. The SMILES string of the molecule is Cl.O=C(O)C1CCN(C(=O)c2cc(F)c(Cl)cc2Cl)C1. The molecule has 0 spiro atoms. The normalized spacial score (nSPS) is 17.8. The first kappa shape index (κ1) is 17.0. The van der Waals surface area contributed by atoms with Crippen LogP contribution in [0, 0.1) is 11.7 Å². The quantitative estimate of drug-likeness (QED) is 0.840. The number of amides is 1. The maximum absolute atomic E-state index is 13.4. The van der Waals surface area contributed by atoms with Gasteiger partial charge >= 0.3 is 5.97 Å². The molecular weight excluding hydrogens is 331 g/mol. The zero-order valence-electron chi connectivity index (χ0n) is 10.1.